The number of hydrogen-bond donors (Lipinski definition) is 1. The maximum atomic E-state index is 5.60. The predicted octanol–water partition coefficient (Wildman–Crippen LogP) is 2.41. The average Bonchev–Trinajstić information content (AvgIpc) is 2.94. The third-order valence-electron chi connectivity index (χ3n) is 3.41. The van der Waals surface area contributed by atoms with Crippen molar-refractivity contribution in [3.63, 3.8) is 0 Å². The summed E-state index contributed by atoms with van der Waals surface area (Å²) < 4.78 is 5.60. The van der Waals surface area contributed by atoms with E-state index in [1.807, 2.05) is 0 Å². The van der Waals surface area contributed by atoms with E-state index >= 15 is 0 Å². The van der Waals surface area contributed by atoms with E-state index in [2.05, 4.69) is 36.0 Å². The standard InChI is InChI=1S/C13H23N3O/c1-4-14-8-11-9-17-13(15-11)16-7-5-6-12(16)10(2)3/h9-10,12,14H,4-8H2,1-3H3. The van der Waals surface area contributed by atoms with Crippen molar-refractivity contribution >= 4 is 6.01 Å². The lowest BCUT2D eigenvalue weighted by Crippen LogP contribution is -2.33. The minimum absolute atomic E-state index is 0.584. The molecular formula is C13H23N3O. The van der Waals surface area contributed by atoms with Crippen molar-refractivity contribution in [2.75, 3.05) is 18.0 Å². The molecule has 0 aromatic carbocycles. The molecule has 2 rings (SSSR count). The SMILES string of the molecule is CCNCc1coc(N2CCCC2C(C)C)n1. The summed E-state index contributed by atoms with van der Waals surface area (Å²) in [4.78, 5) is 6.88. The van der Waals surface area contributed by atoms with Crippen LogP contribution in [0.25, 0.3) is 0 Å². The summed E-state index contributed by atoms with van der Waals surface area (Å²) in [7, 11) is 0. The molecule has 1 aromatic rings. The molecule has 0 amide bonds. The normalized spacial score (nSPS) is 20.5. The zero-order valence-electron chi connectivity index (χ0n) is 11.1. The van der Waals surface area contributed by atoms with E-state index in [0.717, 1.165) is 31.3 Å². The molecule has 0 bridgehead atoms. The molecule has 1 aliphatic rings. The molecule has 1 unspecified atom stereocenters. The maximum Gasteiger partial charge on any atom is 0.297 e. The molecule has 0 spiro atoms. The monoisotopic (exact) mass is 237 g/mol. The van der Waals surface area contributed by atoms with Gasteiger partial charge in [0.25, 0.3) is 6.01 Å². The van der Waals surface area contributed by atoms with Crippen LogP contribution in [0.2, 0.25) is 0 Å². The second kappa shape index (κ2) is 5.54. The summed E-state index contributed by atoms with van der Waals surface area (Å²) in [5, 5.41) is 3.26. The van der Waals surface area contributed by atoms with Crippen LogP contribution in [0.5, 0.6) is 0 Å². The van der Waals surface area contributed by atoms with Gasteiger partial charge >= 0.3 is 0 Å². The van der Waals surface area contributed by atoms with Crippen LogP contribution in [0.4, 0.5) is 6.01 Å². The second-order valence-corrected chi connectivity index (χ2v) is 5.05. The summed E-state index contributed by atoms with van der Waals surface area (Å²) in [5.41, 5.74) is 0.997. The van der Waals surface area contributed by atoms with Gasteiger partial charge in [0, 0.05) is 19.1 Å². The molecule has 0 aliphatic carbocycles. The van der Waals surface area contributed by atoms with E-state index in [0.29, 0.717) is 12.0 Å². The van der Waals surface area contributed by atoms with Gasteiger partial charge in [0.05, 0.1) is 5.69 Å². The molecule has 1 aliphatic heterocycles. The summed E-state index contributed by atoms with van der Waals surface area (Å²) in [5.74, 6) is 0.654. The molecule has 1 atom stereocenters. The van der Waals surface area contributed by atoms with Crippen molar-refractivity contribution in [3.8, 4) is 0 Å². The Morgan fingerprint density at radius 3 is 3.12 bits per heavy atom. The molecule has 1 fully saturated rings. The van der Waals surface area contributed by atoms with E-state index in [-0.39, 0.29) is 0 Å². The smallest absolute Gasteiger partial charge is 0.297 e. The fourth-order valence-electron chi connectivity index (χ4n) is 2.49. The van der Waals surface area contributed by atoms with Gasteiger partial charge in [-0.2, -0.15) is 4.98 Å². The topological polar surface area (TPSA) is 41.3 Å². The zero-order chi connectivity index (χ0) is 12.3. The Bertz CT molecular complexity index is 348. The van der Waals surface area contributed by atoms with E-state index in [1.54, 1.807) is 6.26 Å². The Hall–Kier alpha value is -1.03. The van der Waals surface area contributed by atoms with Crippen molar-refractivity contribution in [2.24, 2.45) is 5.92 Å². The fraction of sp³-hybridized carbons (Fsp3) is 0.769. The average molecular weight is 237 g/mol. The molecule has 2 heterocycles. The lowest BCUT2D eigenvalue weighted by Gasteiger charge is -2.25. The van der Waals surface area contributed by atoms with Gasteiger partial charge in [0.15, 0.2) is 0 Å². The molecule has 1 saturated heterocycles. The van der Waals surface area contributed by atoms with Crippen LogP contribution >= 0.6 is 0 Å². The molecule has 17 heavy (non-hydrogen) atoms. The Morgan fingerprint density at radius 2 is 2.41 bits per heavy atom. The zero-order valence-corrected chi connectivity index (χ0v) is 11.1. The second-order valence-electron chi connectivity index (χ2n) is 5.05. The molecule has 4 nitrogen and oxygen atoms in total. The Labute approximate surface area is 103 Å². The van der Waals surface area contributed by atoms with Crippen molar-refractivity contribution in [3.05, 3.63) is 12.0 Å². The number of rotatable bonds is 5. The minimum Gasteiger partial charge on any atom is -0.432 e. The van der Waals surface area contributed by atoms with Gasteiger partial charge in [-0.15, -0.1) is 0 Å². The maximum absolute atomic E-state index is 5.60. The van der Waals surface area contributed by atoms with E-state index in [4.69, 9.17) is 4.42 Å². The highest BCUT2D eigenvalue weighted by molar-refractivity contribution is 5.31. The van der Waals surface area contributed by atoms with Gasteiger partial charge in [-0.3, -0.25) is 0 Å². The number of nitrogens with zero attached hydrogens (tertiary/aromatic N) is 2. The number of anilines is 1. The van der Waals surface area contributed by atoms with Gasteiger partial charge in [0.1, 0.15) is 6.26 Å². The Balaban J connectivity index is 2.03. The summed E-state index contributed by atoms with van der Waals surface area (Å²) in [6, 6.07) is 1.38. The first kappa shape index (κ1) is 12.4. The van der Waals surface area contributed by atoms with Crippen molar-refractivity contribution in [1.82, 2.24) is 10.3 Å². The fourth-order valence-corrected chi connectivity index (χ4v) is 2.49. The summed E-state index contributed by atoms with van der Waals surface area (Å²) >= 11 is 0. The van der Waals surface area contributed by atoms with Crippen LogP contribution < -0.4 is 10.2 Å². The first-order valence-corrected chi connectivity index (χ1v) is 6.64. The Morgan fingerprint density at radius 1 is 1.59 bits per heavy atom. The Kier molecular flexibility index (Phi) is 4.05. The largest absolute Gasteiger partial charge is 0.432 e. The summed E-state index contributed by atoms with van der Waals surface area (Å²) in [6.07, 6.45) is 4.27. The number of oxazole rings is 1. The highest BCUT2D eigenvalue weighted by Gasteiger charge is 2.30. The third kappa shape index (κ3) is 2.80. The van der Waals surface area contributed by atoms with Gasteiger partial charge in [-0.25, -0.2) is 0 Å². The highest BCUT2D eigenvalue weighted by Crippen LogP contribution is 2.28. The predicted molar refractivity (Wildman–Crippen MR) is 69.1 cm³/mol. The van der Waals surface area contributed by atoms with Gasteiger partial charge in [-0.1, -0.05) is 20.8 Å². The van der Waals surface area contributed by atoms with Crippen molar-refractivity contribution in [1.29, 1.82) is 0 Å². The number of hydrogen-bond acceptors (Lipinski definition) is 4. The summed E-state index contributed by atoms with van der Waals surface area (Å²) in [6.45, 7) is 9.46. The molecule has 96 valence electrons. The number of nitrogens with one attached hydrogen (secondary N) is 1. The first-order valence-electron chi connectivity index (χ1n) is 6.64. The number of aromatic nitrogens is 1. The third-order valence-corrected chi connectivity index (χ3v) is 3.41. The molecule has 0 saturated carbocycles. The molecule has 4 heteroatoms. The highest BCUT2D eigenvalue weighted by atomic mass is 16.4. The molecule has 1 N–H and O–H groups in total. The van der Waals surface area contributed by atoms with Crippen LogP contribution in [0.3, 0.4) is 0 Å². The first-order chi connectivity index (χ1) is 8.22. The van der Waals surface area contributed by atoms with Crippen molar-refractivity contribution in [2.45, 2.75) is 46.2 Å². The van der Waals surface area contributed by atoms with Crippen LogP contribution in [-0.2, 0) is 6.54 Å². The minimum atomic E-state index is 0.584. The van der Waals surface area contributed by atoms with Crippen molar-refractivity contribution < 1.29 is 4.42 Å². The van der Waals surface area contributed by atoms with Crippen LogP contribution in [-0.4, -0.2) is 24.1 Å². The van der Waals surface area contributed by atoms with E-state index < -0.39 is 0 Å². The van der Waals surface area contributed by atoms with Gasteiger partial charge in [0.2, 0.25) is 0 Å². The van der Waals surface area contributed by atoms with Crippen LogP contribution in [0, 0.1) is 5.92 Å². The van der Waals surface area contributed by atoms with Gasteiger partial charge < -0.3 is 14.6 Å². The van der Waals surface area contributed by atoms with Gasteiger partial charge in [-0.05, 0) is 25.3 Å². The molecule has 0 radical (unpaired) electrons. The lowest BCUT2D eigenvalue weighted by atomic mass is 10.0. The van der Waals surface area contributed by atoms with Crippen LogP contribution in [0.15, 0.2) is 10.7 Å². The van der Waals surface area contributed by atoms with Crippen LogP contribution in [0.1, 0.15) is 39.3 Å². The van der Waals surface area contributed by atoms with E-state index in [1.165, 1.54) is 12.8 Å². The van der Waals surface area contributed by atoms with E-state index in [9.17, 15) is 0 Å². The molecule has 1 aromatic heterocycles. The molecular weight excluding hydrogens is 214 g/mol. The quantitative estimate of drug-likeness (QED) is 0.854. The lowest BCUT2D eigenvalue weighted by molar-refractivity contribution is 0.453.